The third kappa shape index (κ3) is 3.60. The molecule has 1 N–H and O–H groups in total. The Morgan fingerprint density at radius 1 is 1.06 bits per heavy atom. The van der Waals surface area contributed by atoms with E-state index in [1.165, 1.54) is 24.0 Å². The van der Waals surface area contributed by atoms with E-state index in [1.807, 2.05) is 30.3 Å². The van der Waals surface area contributed by atoms with Crippen molar-refractivity contribution in [3.63, 3.8) is 0 Å². The fraction of sp³-hybridized carbons (Fsp3) is 0.138. The molecule has 178 valence electrons. The molecule has 1 aliphatic carbocycles. The van der Waals surface area contributed by atoms with Gasteiger partial charge in [-0.15, -0.1) is 0 Å². The minimum absolute atomic E-state index is 0.117. The van der Waals surface area contributed by atoms with Crippen molar-refractivity contribution in [3.8, 4) is 5.75 Å². The summed E-state index contributed by atoms with van der Waals surface area (Å²) in [7, 11) is 1.36. The second-order valence-electron chi connectivity index (χ2n) is 8.79. The number of fused-ring (bicyclic) bond motifs is 3. The maximum Gasteiger partial charge on any atom is 0.337 e. The summed E-state index contributed by atoms with van der Waals surface area (Å²) >= 11 is 1.31. The van der Waals surface area contributed by atoms with Crippen LogP contribution in [0, 0.1) is 0 Å². The number of aryl methyl sites for hydroxylation is 1. The Hall–Kier alpha value is -4.23. The first kappa shape index (κ1) is 22.2. The summed E-state index contributed by atoms with van der Waals surface area (Å²) in [6.45, 7) is 0. The van der Waals surface area contributed by atoms with E-state index in [4.69, 9.17) is 9.73 Å². The van der Waals surface area contributed by atoms with Gasteiger partial charge in [-0.05, 0) is 53.8 Å². The van der Waals surface area contributed by atoms with Gasteiger partial charge in [0.15, 0.2) is 4.80 Å². The van der Waals surface area contributed by atoms with Gasteiger partial charge in [0.2, 0.25) is 0 Å². The summed E-state index contributed by atoms with van der Waals surface area (Å²) in [4.78, 5) is 31.4. The number of carbonyl (C=O) groups excluding carboxylic acids is 1. The Kier molecular flexibility index (Phi) is 5.42. The molecular formula is C29H22N2O4S. The van der Waals surface area contributed by atoms with Crippen LogP contribution in [-0.4, -0.2) is 22.8 Å². The number of nitrogens with zero attached hydrogens (tertiary/aromatic N) is 2. The fourth-order valence-electron chi connectivity index (χ4n) is 4.99. The summed E-state index contributed by atoms with van der Waals surface area (Å²) in [5, 5.41) is 10.3. The first-order valence-corrected chi connectivity index (χ1v) is 12.5. The Morgan fingerprint density at radius 2 is 1.81 bits per heavy atom. The van der Waals surface area contributed by atoms with Gasteiger partial charge in [-0.3, -0.25) is 9.36 Å². The number of hydrogen-bond acceptors (Lipinski definition) is 6. The lowest BCUT2D eigenvalue weighted by Crippen LogP contribution is -2.38. The van der Waals surface area contributed by atoms with Crippen LogP contribution in [0.3, 0.4) is 0 Å². The molecule has 1 atom stereocenters. The second kappa shape index (κ2) is 8.77. The van der Waals surface area contributed by atoms with Gasteiger partial charge in [0, 0.05) is 11.1 Å². The molecule has 0 radical (unpaired) electrons. The van der Waals surface area contributed by atoms with E-state index >= 15 is 0 Å². The first-order chi connectivity index (χ1) is 17.5. The highest BCUT2D eigenvalue weighted by atomic mass is 32.1. The van der Waals surface area contributed by atoms with Crippen molar-refractivity contribution in [1.82, 2.24) is 4.57 Å². The third-order valence-corrected chi connectivity index (χ3v) is 7.73. The molecule has 0 saturated heterocycles. The highest BCUT2D eigenvalue weighted by Crippen LogP contribution is 2.41. The molecule has 1 aliphatic heterocycles. The first-order valence-electron chi connectivity index (χ1n) is 11.6. The predicted molar refractivity (Wildman–Crippen MR) is 139 cm³/mol. The highest BCUT2D eigenvalue weighted by Gasteiger charge is 2.32. The van der Waals surface area contributed by atoms with Crippen LogP contribution in [0.15, 0.2) is 88.2 Å². The molecule has 2 heterocycles. The van der Waals surface area contributed by atoms with Crippen LogP contribution in [-0.2, 0) is 11.2 Å². The quantitative estimate of drug-likeness (QED) is 0.439. The summed E-state index contributed by atoms with van der Waals surface area (Å²) in [6.07, 6.45) is 3.36. The maximum absolute atomic E-state index is 13.8. The Morgan fingerprint density at radius 3 is 2.58 bits per heavy atom. The van der Waals surface area contributed by atoms with Gasteiger partial charge >= 0.3 is 5.97 Å². The Balaban J connectivity index is 1.60. The number of phenols is 1. The van der Waals surface area contributed by atoms with Crippen molar-refractivity contribution in [2.24, 2.45) is 4.99 Å². The van der Waals surface area contributed by atoms with Crippen LogP contribution in [0.5, 0.6) is 5.75 Å². The number of carbonyl (C=O) groups is 1. The highest BCUT2D eigenvalue weighted by molar-refractivity contribution is 7.07. The number of para-hydroxylation sites is 1. The van der Waals surface area contributed by atoms with Crippen molar-refractivity contribution in [2.75, 3.05) is 7.11 Å². The lowest BCUT2D eigenvalue weighted by molar-refractivity contribution is 0.0600. The van der Waals surface area contributed by atoms with E-state index in [9.17, 15) is 14.7 Å². The van der Waals surface area contributed by atoms with Gasteiger partial charge in [0.25, 0.3) is 5.56 Å². The molecule has 6 rings (SSSR count). The molecule has 0 fully saturated rings. The summed E-state index contributed by atoms with van der Waals surface area (Å²) in [5.74, 6) is -0.286. The normalized spacial score (nSPS) is 16.6. The lowest BCUT2D eigenvalue weighted by atomic mass is 9.83. The van der Waals surface area contributed by atoms with Crippen molar-refractivity contribution < 1.29 is 14.6 Å². The summed E-state index contributed by atoms with van der Waals surface area (Å²) in [6, 6.07) is 22.1. The van der Waals surface area contributed by atoms with E-state index in [2.05, 4.69) is 12.1 Å². The predicted octanol–water partition coefficient (Wildman–Crippen LogP) is 3.81. The molecule has 2 aliphatic rings. The van der Waals surface area contributed by atoms with Crippen molar-refractivity contribution in [3.05, 3.63) is 126 Å². The molecule has 0 bridgehead atoms. The number of hydrogen-bond donors (Lipinski definition) is 1. The lowest BCUT2D eigenvalue weighted by Gasteiger charge is -2.30. The van der Waals surface area contributed by atoms with E-state index in [-0.39, 0.29) is 17.4 Å². The van der Waals surface area contributed by atoms with Gasteiger partial charge in [0.1, 0.15) is 5.75 Å². The number of thiazole rings is 1. The number of benzene rings is 3. The maximum atomic E-state index is 13.8. The molecule has 0 unspecified atom stereocenters. The molecular weight excluding hydrogens is 472 g/mol. The zero-order valence-electron chi connectivity index (χ0n) is 19.5. The Bertz CT molecular complexity index is 1730. The van der Waals surface area contributed by atoms with Crippen molar-refractivity contribution in [2.45, 2.75) is 18.9 Å². The summed E-state index contributed by atoms with van der Waals surface area (Å²) in [5.41, 5.74) is 6.11. The largest absolute Gasteiger partial charge is 0.507 e. The van der Waals surface area contributed by atoms with Crippen LogP contribution in [0.25, 0.3) is 11.8 Å². The van der Waals surface area contributed by atoms with Crippen LogP contribution in [0.1, 0.15) is 45.1 Å². The second-order valence-corrected chi connectivity index (χ2v) is 9.80. The van der Waals surface area contributed by atoms with Gasteiger partial charge < -0.3 is 9.84 Å². The van der Waals surface area contributed by atoms with E-state index in [0.29, 0.717) is 20.5 Å². The third-order valence-electron chi connectivity index (χ3n) is 6.74. The van der Waals surface area contributed by atoms with Crippen LogP contribution in [0.2, 0.25) is 0 Å². The number of allylic oxidation sites excluding steroid dienone is 1. The molecule has 0 amide bonds. The molecule has 7 heteroatoms. The average Bonchev–Trinajstić information content (AvgIpc) is 3.22. The monoisotopic (exact) mass is 494 g/mol. The van der Waals surface area contributed by atoms with Crippen LogP contribution in [0.4, 0.5) is 0 Å². The number of methoxy groups -OCH3 is 1. The van der Waals surface area contributed by atoms with Gasteiger partial charge in [-0.25, -0.2) is 9.79 Å². The number of ether oxygens (including phenoxy) is 1. The molecule has 0 saturated carbocycles. The fourth-order valence-corrected chi connectivity index (χ4v) is 5.98. The SMILES string of the molecule is COC(=O)c1ccc([C@H]2C3=C(N=c4s/c(=C\c5ccccc5O)c(=O)n42)c2ccccc2CC3)cc1. The average molecular weight is 495 g/mol. The molecule has 3 aromatic carbocycles. The number of phenolic OH excluding ortho intramolecular Hbond substituents is 1. The molecule has 0 spiro atoms. The van der Waals surface area contributed by atoms with Crippen molar-refractivity contribution in [1.29, 1.82) is 0 Å². The Labute approximate surface area is 210 Å². The number of aromatic hydroxyl groups is 1. The van der Waals surface area contributed by atoms with Crippen molar-refractivity contribution >= 4 is 29.1 Å². The molecule has 4 aromatic rings. The van der Waals surface area contributed by atoms with Crippen LogP contribution < -0.4 is 14.9 Å². The summed E-state index contributed by atoms with van der Waals surface area (Å²) < 4.78 is 7.10. The van der Waals surface area contributed by atoms with E-state index < -0.39 is 5.97 Å². The smallest absolute Gasteiger partial charge is 0.337 e. The molecule has 36 heavy (non-hydrogen) atoms. The zero-order chi connectivity index (χ0) is 24.8. The van der Waals surface area contributed by atoms with E-state index in [0.717, 1.165) is 35.2 Å². The topological polar surface area (TPSA) is 80.9 Å². The van der Waals surface area contributed by atoms with Gasteiger partial charge in [0.05, 0.1) is 28.9 Å². The number of rotatable bonds is 3. The molecule has 1 aromatic heterocycles. The molecule has 6 nitrogen and oxygen atoms in total. The minimum atomic E-state index is -0.403. The van der Waals surface area contributed by atoms with Gasteiger partial charge in [-0.1, -0.05) is 65.9 Å². The van der Waals surface area contributed by atoms with Gasteiger partial charge in [-0.2, -0.15) is 0 Å². The number of esters is 1. The minimum Gasteiger partial charge on any atom is -0.507 e. The van der Waals surface area contributed by atoms with Crippen LogP contribution >= 0.6 is 11.3 Å². The zero-order valence-corrected chi connectivity index (χ0v) is 20.3. The number of aromatic nitrogens is 1. The van der Waals surface area contributed by atoms with E-state index in [1.54, 1.807) is 41.0 Å². The standard InChI is InChI=1S/C29H22N2O4S/c1-35-28(34)19-12-10-18(11-13-19)26-22-15-14-17-6-2-4-8-21(17)25(22)30-29-31(26)27(33)24(36-29)16-20-7-3-5-9-23(20)32/h2-13,16,26,32H,14-15H2,1H3/b24-16-/t26-/m0/s1.